The molecule has 250 valence electrons. The summed E-state index contributed by atoms with van der Waals surface area (Å²) in [6.45, 7) is 8.96. The largest absolute Gasteiger partial charge is 0.493 e. The summed E-state index contributed by atoms with van der Waals surface area (Å²) in [5.41, 5.74) is 2.96. The fourth-order valence-corrected chi connectivity index (χ4v) is 6.20. The van der Waals surface area contributed by atoms with Crippen LogP contribution in [-0.2, 0) is 20.7 Å². The van der Waals surface area contributed by atoms with Crippen LogP contribution in [-0.4, -0.2) is 87.9 Å². The van der Waals surface area contributed by atoms with Crippen LogP contribution in [0.4, 0.5) is 10.5 Å². The number of ether oxygens (including phenoxy) is 4. The number of hydrogen-bond donors (Lipinski definition) is 2. The molecule has 0 aromatic heterocycles. The monoisotopic (exact) mass is 638 g/mol. The molecule has 46 heavy (non-hydrogen) atoms. The third kappa shape index (κ3) is 7.16. The molecule has 2 N–H and O–H groups in total. The van der Waals surface area contributed by atoms with E-state index in [2.05, 4.69) is 10.6 Å². The summed E-state index contributed by atoms with van der Waals surface area (Å²) in [5, 5.41) is 6.30. The van der Waals surface area contributed by atoms with E-state index in [1.807, 2.05) is 26.0 Å². The fraction of sp³-hybridized carbons (Fsp3) is 0.529. The lowest BCUT2D eigenvalue weighted by molar-refractivity contribution is -0.134. The Balaban J connectivity index is 1.77. The van der Waals surface area contributed by atoms with Crippen molar-refractivity contribution in [1.82, 2.24) is 15.1 Å². The Morgan fingerprint density at radius 1 is 0.957 bits per heavy atom. The van der Waals surface area contributed by atoms with Gasteiger partial charge in [0.15, 0.2) is 11.5 Å². The van der Waals surface area contributed by atoms with Crippen molar-refractivity contribution >= 4 is 23.6 Å². The number of fused-ring (bicyclic) bond motifs is 3. The standard InChI is InChI=1S/C34H46N4O8/c1-8-20(3)30(33(41)37-14-16-38(17-15-37)34(42)46-9-2)36-26-13-11-23-24(19-27(26)40)25(35-21(4)39)12-10-22-18-28(43-5)31(44-6)32(45-7)29(22)23/h11,13,18-20,25,30H,8-10,12,14-17H2,1-7H3,(H,35,39)(H,36,40)/t20-,25+,30+/m1/s1. The van der Waals surface area contributed by atoms with Gasteiger partial charge in [-0.1, -0.05) is 26.3 Å². The van der Waals surface area contributed by atoms with Gasteiger partial charge in [-0.2, -0.15) is 0 Å². The molecule has 1 heterocycles. The number of nitrogens with one attached hydrogen (secondary N) is 2. The number of aryl methyl sites for hydroxylation is 1. The summed E-state index contributed by atoms with van der Waals surface area (Å²) in [5.74, 6) is 0.956. The van der Waals surface area contributed by atoms with Gasteiger partial charge in [-0.05, 0) is 60.6 Å². The van der Waals surface area contributed by atoms with E-state index in [9.17, 15) is 19.2 Å². The van der Waals surface area contributed by atoms with Crippen LogP contribution in [0, 0.1) is 5.92 Å². The predicted octanol–water partition coefficient (Wildman–Crippen LogP) is 3.99. The first-order valence-corrected chi connectivity index (χ1v) is 15.8. The Hall–Kier alpha value is -4.48. The van der Waals surface area contributed by atoms with Gasteiger partial charge < -0.3 is 39.4 Å². The highest BCUT2D eigenvalue weighted by atomic mass is 16.6. The van der Waals surface area contributed by atoms with Gasteiger partial charge in [0, 0.05) is 38.7 Å². The molecule has 0 bridgehead atoms. The van der Waals surface area contributed by atoms with Crippen molar-refractivity contribution in [1.29, 1.82) is 0 Å². The lowest BCUT2D eigenvalue weighted by atomic mass is 9.95. The van der Waals surface area contributed by atoms with Gasteiger partial charge in [-0.15, -0.1) is 0 Å². The molecular weight excluding hydrogens is 592 g/mol. The Kier molecular flexibility index (Phi) is 11.4. The van der Waals surface area contributed by atoms with E-state index in [0.29, 0.717) is 80.4 Å². The zero-order valence-electron chi connectivity index (χ0n) is 27.9. The highest BCUT2D eigenvalue weighted by Crippen LogP contribution is 2.50. The SMILES string of the molecule is CCOC(=O)N1CCN(C(=O)[C@@H](Nc2ccc3c(cc2=O)[C@@H](NC(C)=O)CCc2cc(OC)c(OC)c(OC)c2-3)[C@H](C)CC)CC1. The molecule has 0 spiro atoms. The van der Waals surface area contributed by atoms with E-state index >= 15 is 0 Å². The van der Waals surface area contributed by atoms with Gasteiger partial charge in [0.2, 0.25) is 23.0 Å². The van der Waals surface area contributed by atoms with Crippen LogP contribution in [0.25, 0.3) is 11.1 Å². The minimum Gasteiger partial charge on any atom is -0.493 e. The second kappa shape index (κ2) is 15.2. The second-order valence-electron chi connectivity index (χ2n) is 11.6. The van der Waals surface area contributed by atoms with E-state index in [1.54, 1.807) is 43.1 Å². The summed E-state index contributed by atoms with van der Waals surface area (Å²) >= 11 is 0. The number of hydrogen-bond acceptors (Lipinski definition) is 9. The Morgan fingerprint density at radius 3 is 2.22 bits per heavy atom. The first-order valence-electron chi connectivity index (χ1n) is 15.8. The molecule has 2 aliphatic rings. The van der Waals surface area contributed by atoms with Crippen molar-refractivity contribution in [2.24, 2.45) is 5.92 Å². The zero-order valence-corrected chi connectivity index (χ0v) is 27.9. The van der Waals surface area contributed by atoms with Gasteiger partial charge in [0.1, 0.15) is 6.04 Å². The average Bonchev–Trinajstić information content (AvgIpc) is 3.30. The molecule has 1 aliphatic carbocycles. The summed E-state index contributed by atoms with van der Waals surface area (Å²) in [4.78, 5) is 55.6. The van der Waals surface area contributed by atoms with Crippen LogP contribution in [0.5, 0.6) is 17.2 Å². The lowest BCUT2D eigenvalue weighted by Gasteiger charge is -2.37. The number of rotatable bonds is 10. The van der Waals surface area contributed by atoms with Gasteiger partial charge in [0.05, 0.1) is 39.7 Å². The van der Waals surface area contributed by atoms with E-state index in [1.165, 1.54) is 14.0 Å². The molecule has 1 saturated heterocycles. The highest BCUT2D eigenvalue weighted by molar-refractivity contribution is 5.86. The summed E-state index contributed by atoms with van der Waals surface area (Å²) in [7, 11) is 4.65. The third-order valence-electron chi connectivity index (χ3n) is 8.82. The summed E-state index contributed by atoms with van der Waals surface area (Å²) in [6.07, 6.45) is 1.44. The molecule has 2 aromatic carbocycles. The zero-order chi connectivity index (χ0) is 33.5. The van der Waals surface area contributed by atoms with Crippen molar-refractivity contribution in [3.05, 3.63) is 45.6 Å². The predicted molar refractivity (Wildman–Crippen MR) is 175 cm³/mol. The van der Waals surface area contributed by atoms with Crippen LogP contribution >= 0.6 is 0 Å². The van der Waals surface area contributed by atoms with Crippen molar-refractivity contribution in [3.8, 4) is 28.4 Å². The summed E-state index contributed by atoms with van der Waals surface area (Å²) < 4.78 is 22.3. The quantitative estimate of drug-likeness (QED) is 0.396. The molecule has 0 unspecified atom stereocenters. The van der Waals surface area contributed by atoms with Crippen molar-refractivity contribution in [2.75, 3.05) is 59.4 Å². The first kappa shape index (κ1) is 34.4. The van der Waals surface area contributed by atoms with Crippen LogP contribution in [0.1, 0.15) is 57.7 Å². The average molecular weight is 639 g/mol. The van der Waals surface area contributed by atoms with Crippen LogP contribution in [0.2, 0.25) is 0 Å². The Morgan fingerprint density at radius 2 is 1.63 bits per heavy atom. The van der Waals surface area contributed by atoms with E-state index in [-0.39, 0.29) is 34.9 Å². The number of carbonyl (C=O) groups is 3. The van der Waals surface area contributed by atoms with E-state index in [4.69, 9.17) is 18.9 Å². The molecular formula is C34H46N4O8. The van der Waals surface area contributed by atoms with Crippen molar-refractivity contribution in [2.45, 2.75) is 59.0 Å². The third-order valence-corrected chi connectivity index (χ3v) is 8.82. The number of benzene rings is 1. The highest BCUT2D eigenvalue weighted by Gasteiger charge is 2.33. The summed E-state index contributed by atoms with van der Waals surface area (Å²) in [6, 6.07) is 5.85. The molecule has 4 rings (SSSR count). The number of piperazine rings is 1. The van der Waals surface area contributed by atoms with Crippen LogP contribution < -0.4 is 30.3 Å². The molecule has 12 heteroatoms. The molecule has 0 radical (unpaired) electrons. The van der Waals surface area contributed by atoms with Crippen LogP contribution in [0.3, 0.4) is 0 Å². The van der Waals surface area contributed by atoms with Crippen LogP contribution in [0.15, 0.2) is 29.1 Å². The maximum absolute atomic E-state index is 13.9. The number of carbonyl (C=O) groups excluding carboxylic acids is 3. The topological polar surface area (TPSA) is 136 Å². The number of amides is 3. The van der Waals surface area contributed by atoms with E-state index in [0.717, 1.165) is 11.1 Å². The Bertz CT molecular complexity index is 1510. The first-order chi connectivity index (χ1) is 22.1. The maximum atomic E-state index is 13.9. The molecule has 3 atom stereocenters. The molecule has 1 fully saturated rings. The fourth-order valence-electron chi connectivity index (χ4n) is 6.20. The minimum absolute atomic E-state index is 0.0944. The van der Waals surface area contributed by atoms with Gasteiger partial charge in [0.25, 0.3) is 0 Å². The maximum Gasteiger partial charge on any atom is 0.409 e. The molecule has 3 amide bonds. The number of nitrogens with zero attached hydrogens (tertiary/aromatic N) is 2. The molecule has 0 saturated carbocycles. The molecule has 2 aromatic rings. The van der Waals surface area contributed by atoms with Crippen molar-refractivity contribution in [3.63, 3.8) is 0 Å². The van der Waals surface area contributed by atoms with E-state index < -0.39 is 12.1 Å². The van der Waals surface area contributed by atoms with Crippen molar-refractivity contribution < 1.29 is 33.3 Å². The molecule has 12 nitrogen and oxygen atoms in total. The number of methoxy groups -OCH3 is 3. The number of anilines is 1. The van der Waals surface area contributed by atoms with Gasteiger partial charge >= 0.3 is 6.09 Å². The second-order valence-corrected chi connectivity index (χ2v) is 11.6. The minimum atomic E-state index is -0.675. The molecule has 1 aliphatic heterocycles. The lowest BCUT2D eigenvalue weighted by Crippen LogP contribution is -2.55. The normalized spacial score (nSPS) is 17.0. The Labute approximate surface area is 270 Å². The smallest absolute Gasteiger partial charge is 0.409 e. The van der Waals surface area contributed by atoms with Gasteiger partial charge in [-0.25, -0.2) is 4.79 Å². The van der Waals surface area contributed by atoms with Gasteiger partial charge in [-0.3, -0.25) is 14.4 Å².